The second kappa shape index (κ2) is 3.91. The summed E-state index contributed by atoms with van der Waals surface area (Å²) in [5, 5.41) is 3.44. The van der Waals surface area contributed by atoms with E-state index in [4.69, 9.17) is 0 Å². The average Bonchev–Trinajstić information content (AvgIpc) is 2.89. The summed E-state index contributed by atoms with van der Waals surface area (Å²) in [7, 11) is 0. The van der Waals surface area contributed by atoms with Gasteiger partial charge in [-0.3, -0.25) is 4.79 Å². The van der Waals surface area contributed by atoms with E-state index in [2.05, 4.69) is 17.4 Å². The maximum Gasteiger partial charge on any atom is 0.231 e. The Morgan fingerprint density at radius 3 is 3.06 bits per heavy atom. The largest absolute Gasteiger partial charge is 0.312 e. The smallest absolute Gasteiger partial charge is 0.231 e. The zero-order valence-electron chi connectivity index (χ0n) is 9.28. The van der Waals surface area contributed by atoms with Gasteiger partial charge in [0.1, 0.15) is 0 Å². The molecule has 1 aromatic rings. The lowest BCUT2D eigenvalue weighted by Crippen LogP contribution is -2.39. The molecule has 16 heavy (non-hydrogen) atoms. The second-order valence-electron chi connectivity index (χ2n) is 4.60. The van der Waals surface area contributed by atoms with Crippen LogP contribution in [0.1, 0.15) is 18.4 Å². The van der Waals surface area contributed by atoms with Gasteiger partial charge in [0, 0.05) is 18.3 Å². The fraction of sp³-hybridized carbons (Fsp3) is 0.462. The number of benzene rings is 1. The molecule has 2 aliphatic rings. The summed E-state index contributed by atoms with van der Waals surface area (Å²) in [6.45, 7) is 1.92. The maximum atomic E-state index is 11.9. The minimum atomic E-state index is 0.245. The molecule has 1 saturated heterocycles. The zero-order chi connectivity index (χ0) is 11.0. The van der Waals surface area contributed by atoms with Crippen LogP contribution in [0.3, 0.4) is 0 Å². The molecule has 1 atom stereocenters. The van der Waals surface area contributed by atoms with E-state index in [1.165, 1.54) is 18.4 Å². The van der Waals surface area contributed by atoms with Crippen LogP contribution in [0.4, 0.5) is 5.69 Å². The number of anilines is 1. The predicted molar refractivity (Wildman–Crippen MR) is 63.5 cm³/mol. The van der Waals surface area contributed by atoms with Crippen LogP contribution >= 0.6 is 0 Å². The van der Waals surface area contributed by atoms with Gasteiger partial charge in [0.2, 0.25) is 5.91 Å². The molecule has 2 heterocycles. The van der Waals surface area contributed by atoms with Gasteiger partial charge in [0.25, 0.3) is 0 Å². The highest BCUT2D eigenvalue weighted by Gasteiger charge is 2.29. The van der Waals surface area contributed by atoms with E-state index >= 15 is 0 Å². The van der Waals surface area contributed by atoms with Gasteiger partial charge >= 0.3 is 0 Å². The molecule has 3 rings (SSSR count). The Bertz CT molecular complexity index is 410. The third-order valence-corrected chi connectivity index (χ3v) is 3.49. The average molecular weight is 216 g/mol. The predicted octanol–water partition coefficient (Wildman–Crippen LogP) is 1.33. The summed E-state index contributed by atoms with van der Waals surface area (Å²) in [6.07, 6.45) is 2.99. The van der Waals surface area contributed by atoms with E-state index in [9.17, 15) is 4.79 Å². The lowest BCUT2D eigenvalue weighted by molar-refractivity contribution is -0.117. The lowest BCUT2D eigenvalue weighted by atomic mass is 10.1. The minimum Gasteiger partial charge on any atom is -0.312 e. The van der Waals surface area contributed by atoms with E-state index in [1.807, 2.05) is 17.0 Å². The molecule has 1 aromatic carbocycles. The van der Waals surface area contributed by atoms with E-state index in [0.717, 1.165) is 18.8 Å². The molecule has 1 fully saturated rings. The van der Waals surface area contributed by atoms with Gasteiger partial charge in [-0.25, -0.2) is 0 Å². The van der Waals surface area contributed by atoms with Gasteiger partial charge in [0.05, 0.1) is 6.42 Å². The topological polar surface area (TPSA) is 32.3 Å². The Morgan fingerprint density at radius 2 is 2.25 bits per heavy atom. The highest BCUT2D eigenvalue weighted by molar-refractivity contribution is 6.01. The van der Waals surface area contributed by atoms with Crippen LogP contribution in [0.5, 0.6) is 0 Å². The molecule has 1 unspecified atom stereocenters. The van der Waals surface area contributed by atoms with Gasteiger partial charge in [-0.1, -0.05) is 18.2 Å². The molecule has 1 amide bonds. The van der Waals surface area contributed by atoms with Crippen molar-refractivity contribution in [3.05, 3.63) is 29.8 Å². The zero-order valence-corrected chi connectivity index (χ0v) is 9.28. The molecule has 0 aliphatic carbocycles. The number of nitrogens with zero attached hydrogens (tertiary/aromatic N) is 1. The summed E-state index contributed by atoms with van der Waals surface area (Å²) < 4.78 is 0. The first-order chi connectivity index (χ1) is 7.84. The molecule has 0 spiro atoms. The molecular formula is C13H16N2O. The van der Waals surface area contributed by atoms with E-state index in [0.29, 0.717) is 12.5 Å². The number of hydrogen-bond donors (Lipinski definition) is 1. The van der Waals surface area contributed by atoms with Crippen molar-refractivity contribution in [1.82, 2.24) is 5.32 Å². The fourth-order valence-corrected chi connectivity index (χ4v) is 2.65. The summed E-state index contributed by atoms with van der Waals surface area (Å²) in [4.78, 5) is 13.9. The van der Waals surface area contributed by atoms with Gasteiger partial charge in [0.15, 0.2) is 0 Å². The van der Waals surface area contributed by atoms with Crippen molar-refractivity contribution < 1.29 is 4.79 Å². The summed E-state index contributed by atoms with van der Waals surface area (Å²) in [5.74, 6) is 0.245. The van der Waals surface area contributed by atoms with Crippen molar-refractivity contribution >= 4 is 11.6 Å². The van der Waals surface area contributed by atoms with Crippen molar-refractivity contribution in [2.75, 3.05) is 18.0 Å². The molecule has 1 N–H and O–H groups in total. The highest BCUT2D eigenvalue weighted by atomic mass is 16.2. The highest BCUT2D eigenvalue weighted by Crippen LogP contribution is 2.28. The molecule has 0 bridgehead atoms. The number of nitrogens with one attached hydrogen (secondary N) is 1. The Labute approximate surface area is 95.4 Å². The Morgan fingerprint density at radius 1 is 1.38 bits per heavy atom. The third kappa shape index (κ3) is 1.61. The quantitative estimate of drug-likeness (QED) is 0.809. The van der Waals surface area contributed by atoms with Crippen LogP contribution in [0.2, 0.25) is 0 Å². The number of hydrogen-bond acceptors (Lipinski definition) is 2. The molecular weight excluding hydrogens is 200 g/mol. The van der Waals surface area contributed by atoms with Crippen molar-refractivity contribution in [3.63, 3.8) is 0 Å². The second-order valence-corrected chi connectivity index (χ2v) is 4.60. The van der Waals surface area contributed by atoms with Crippen LogP contribution in [0.15, 0.2) is 24.3 Å². The van der Waals surface area contributed by atoms with Gasteiger partial charge in [-0.15, -0.1) is 0 Å². The Hall–Kier alpha value is -1.35. The molecule has 0 radical (unpaired) electrons. The summed E-state index contributed by atoms with van der Waals surface area (Å²) in [6, 6.07) is 8.59. The van der Waals surface area contributed by atoms with Crippen molar-refractivity contribution in [1.29, 1.82) is 0 Å². The first kappa shape index (κ1) is 9.85. The molecule has 3 nitrogen and oxygen atoms in total. The van der Waals surface area contributed by atoms with Crippen molar-refractivity contribution in [2.24, 2.45) is 0 Å². The molecule has 84 valence electrons. The van der Waals surface area contributed by atoms with Crippen LogP contribution in [0, 0.1) is 0 Å². The Kier molecular flexibility index (Phi) is 2.40. The van der Waals surface area contributed by atoms with Crippen molar-refractivity contribution in [3.8, 4) is 0 Å². The van der Waals surface area contributed by atoms with Gasteiger partial charge in [-0.2, -0.15) is 0 Å². The van der Waals surface area contributed by atoms with Crippen LogP contribution in [-0.4, -0.2) is 25.0 Å². The summed E-state index contributed by atoms with van der Waals surface area (Å²) >= 11 is 0. The molecule has 3 heteroatoms. The number of amides is 1. The van der Waals surface area contributed by atoms with Crippen molar-refractivity contribution in [2.45, 2.75) is 25.3 Å². The maximum absolute atomic E-state index is 11.9. The van der Waals surface area contributed by atoms with Gasteiger partial charge < -0.3 is 10.2 Å². The molecule has 2 aliphatic heterocycles. The molecule has 0 aromatic heterocycles. The standard InChI is InChI=1S/C13H16N2O/c16-13-8-10-4-1-2-6-12(10)15(13)9-11-5-3-7-14-11/h1-2,4,6,11,14H,3,5,7-9H2. The Balaban J connectivity index is 1.81. The lowest BCUT2D eigenvalue weighted by Gasteiger charge is -2.21. The SMILES string of the molecule is O=C1Cc2ccccc2N1CC1CCCN1. The number of carbonyl (C=O) groups excluding carboxylic acids is 1. The fourth-order valence-electron chi connectivity index (χ4n) is 2.65. The summed E-state index contributed by atoms with van der Waals surface area (Å²) in [5.41, 5.74) is 2.28. The van der Waals surface area contributed by atoms with Crippen LogP contribution in [0.25, 0.3) is 0 Å². The normalized spacial score (nSPS) is 23.9. The van der Waals surface area contributed by atoms with Crippen LogP contribution < -0.4 is 10.2 Å². The first-order valence-electron chi connectivity index (χ1n) is 5.96. The molecule has 0 saturated carbocycles. The monoisotopic (exact) mass is 216 g/mol. The van der Waals surface area contributed by atoms with E-state index in [-0.39, 0.29) is 5.91 Å². The first-order valence-corrected chi connectivity index (χ1v) is 5.96. The van der Waals surface area contributed by atoms with E-state index < -0.39 is 0 Å². The number of rotatable bonds is 2. The number of para-hydroxylation sites is 1. The number of carbonyl (C=O) groups is 1. The van der Waals surface area contributed by atoms with E-state index in [1.54, 1.807) is 0 Å². The third-order valence-electron chi connectivity index (χ3n) is 3.49. The number of fused-ring (bicyclic) bond motifs is 1. The van der Waals surface area contributed by atoms with Gasteiger partial charge in [-0.05, 0) is 31.0 Å². The van der Waals surface area contributed by atoms with Crippen LogP contribution in [-0.2, 0) is 11.2 Å². The minimum absolute atomic E-state index is 0.245.